The fourth-order valence-electron chi connectivity index (χ4n) is 1.16. The van der Waals surface area contributed by atoms with E-state index in [2.05, 4.69) is 38.5 Å². The van der Waals surface area contributed by atoms with E-state index in [0.29, 0.717) is 10.5 Å². The minimum absolute atomic E-state index is 0.0953. The van der Waals surface area contributed by atoms with E-state index in [1.54, 1.807) is 0 Å². The van der Waals surface area contributed by atoms with E-state index < -0.39 is 0 Å². The summed E-state index contributed by atoms with van der Waals surface area (Å²) < 4.78 is 3.60. The van der Waals surface area contributed by atoms with Gasteiger partial charge in [0.2, 0.25) is 0 Å². The standard InChI is InChI=1S/C8H7BrINO/c9-7-3-5(10)4-11(8(7)12)6-1-2-6/h3-4,6H,1-2H2. The van der Waals surface area contributed by atoms with Gasteiger partial charge in [0.25, 0.3) is 5.56 Å². The summed E-state index contributed by atoms with van der Waals surface area (Å²) in [6.45, 7) is 0. The SMILES string of the molecule is O=c1c(Br)cc(I)cn1C1CC1. The van der Waals surface area contributed by atoms with Crippen LogP contribution in [0.2, 0.25) is 0 Å². The fourth-order valence-corrected chi connectivity index (χ4v) is 2.65. The van der Waals surface area contributed by atoms with Crippen LogP contribution in [0.5, 0.6) is 0 Å². The first-order chi connectivity index (χ1) is 5.68. The monoisotopic (exact) mass is 339 g/mol. The van der Waals surface area contributed by atoms with Gasteiger partial charge in [0, 0.05) is 15.8 Å². The molecule has 0 amide bonds. The Labute approximate surface area is 92.2 Å². The number of rotatable bonds is 1. The Kier molecular flexibility index (Phi) is 2.29. The van der Waals surface area contributed by atoms with Gasteiger partial charge in [0.05, 0.1) is 4.47 Å². The maximum atomic E-state index is 11.5. The van der Waals surface area contributed by atoms with Crippen LogP contribution in [-0.4, -0.2) is 4.57 Å². The summed E-state index contributed by atoms with van der Waals surface area (Å²) in [5.41, 5.74) is 0.0953. The Morgan fingerprint density at radius 1 is 1.58 bits per heavy atom. The van der Waals surface area contributed by atoms with Crippen LogP contribution < -0.4 is 5.56 Å². The van der Waals surface area contributed by atoms with E-state index in [1.165, 1.54) is 0 Å². The molecule has 0 unspecified atom stereocenters. The molecule has 0 N–H and O–H groups in total. The van der Waals surface area contributed by atoms with Crippen LogP contribution in [0.4, 0.5) is 0 Å². The van der Waals surface area contributed by atoms with Gasteiger partial charge < -0.3 is 4.57 Å². The fraction of sp³-hybridized carbons (Fsp3) is 0.375. The van der Waals surface area contributed by atoms with Crippen molar-refractivity contribution in [2.75, 3.05) is 0 Å². The molecule has 1 heterocycles. The molecule has 0 aromatic carbocycles. The number of aromatic nitrogens is 1. The van der Waals surface area contributed by atoms with Crippen LogP contribution in [0.25, 0.3) is 0 Å². The minimum Gasteiger partial charge on any atom is -0.310 e. The second-order valence-electron chi connectivity index (χ2n) is 2.95. The Bertz CT molecular complexity index is 370. The third-order valence-electron chi connectivity index (χ3n) is 1.91. The highest BCUT2D eigenvalue weighted by Gasteiger charge is 2.24. The molecular formula is C8H7BrINO. The van der Waals surface area contributed by atoms with Crippen LogP contribution in [0.15, 0.2) is 21.5 Å². The van der Waals surface area contributed by atoms with Crippen molar-refractivity contribution >= 4 is 38.5 Å². The molecule has 1 aliphatic rings. The molecule has 0 atom stereocenters. The highest BCUT2D eigenvalue weighted by Crippen LogP contribution is 2.33. The molecule has 1 fully saturated rings. The molecule has 0 radical (unpaired) electrons. The number of halogens is 2. The summed E-state index contributed by atoms with van der Waals surface area (Å²) in [7, 11) is 0. The van der Waals surface area contributed by atoms with Crippen molar-refractivity contribution in [3.8, 4) is 0 Å². The molecule has 2 rings (SSSR count). The number of pyridine rings is 1. The van der Waals surface area contributed by atoms with Gasteiger partial charge in [0.1, 0.15) is 0 Å². The molecule has 4 heteroatoms. The zero-order valence-electron chi connectivity index (χ0n) is 6.26. The molecular weight excluding hydrogens is 333 g/mol. The molecule has 1 saturated carbocycles. The van der Waals surface area contributed by atoms with Crippen molar-refractivity contribution in [2.24, 2.45) is 0 Å². The lowest BCUT2D eigenvalue weighted by Crippen LogP contribution is -2.19. The largest absolute Gasteiger partial charge is 0.310 e. The van der Waals surface area contributed by atoms with Crippen molar-refractivity contribution < 1.29 is 0 Å². The molecule has 1 aliphatic carbocycles. The highest BCUT2D eigenvalue weighted by molar-refractivity contribution is 14.1. The van der Waals surface area contributed by atoms with Gasteiger partial charge in [-0.25, -0.2) is 0 Å². The van der Waals surface area contributed by atoms with Crippen LogP contribution in [0, 0.1) is 3.57 Å². The first-order valence-electron chi connectivity index (χ1n) is 3.75. The van der Waals surface area contributed by atoms with Crippen LogP contribution in [-0.2, 0) is 0 Å². The van der Waals surface area contributed by atoms with E-state index >= 15 is 0 Å². The molecule has 0 bridgehead atoms. The molecule has 2 nitrogen and oxygen atoms in total. The van der Waals surface area contributed by atoms with E-state index in [1.807, 2.05) is 16.8 Å². The summed E-state index contributed by atoms with van der Waals surface area (Å²) >= 11 is 5.47. The zero-order valence-corrected chi connectivity index (χ0v) is 10.0. The van der Waals surface area contributed by atoms with E-state index in [-0.39, 0.29) is 5.56 Å². The predicted octanol–water partition coefficient (Wildman–Crippen LogP) is 2.55. The topological polar surface area (TPSA) is 22.0 Å². The third kappa shape index (κ3) is 1.59. The summed E-state index contributed by atoms with van der Waals surface area (Å²) in [4.78, 5) is 11.5. The second-order valence-corrected chi connectivity index (χ2v) is 5.05. The Morgan fingerprint density at radius 3 is 2.83 bits per heavy atom. The van der Waals surface area contributed by atoms with Gasteiger partial charge in [0.15, 0.2) is 0 Å². The van der Waals surface area contributed by atoms with Crippen LogP contribution in [0.1, 0.15) is 18.9 Å². The summed E-state index contributed by atoms with van der Waals surface area (Å²) in [5, 5.41) is 0. The van der Waals surface area contributed by atoms with Crippen molar-refractivity contribution in [3.63, 3.8) is 0 Å². The molecule has 1 aromatic heterocycles. The summed E-state index contributed by atoms with van der Waals surface area (Å²) in [5.74, 6) is 0. The van der Waals surface area contributed by atoms with Gasteiger partial charge in [-0.05, 0) is 57.4 Å². The third-order valence-corrected chi connectivity index (χ3v) is 3.06. The molecule has 64 valence electrons. The normalized spacial score (nSPS) is 16.5. The van der Waals surface area contributed by atoms with Crippen molar-refractivity contribution in [1.82, 2.24) is 4.57 Å². The number of hydrogen-bond donors (Lipinski definition) is 0. The lowest BCUT2D eigenvalue weighted by atomic mass is 10.4. The van der Waals surface area contributed by atoms with Crippen molar-refractivity contribution in [1.29, 1.82) is 0 Å². The zero-order chi connectivity index (χ0) is 8.72. The van der Waals surface area contributed by atoms with Crippen LogP contribution >= 0.6 is 38.5 Å². The Morgan fingerprint density at radius 2 is 2.25 bits per heavy atom. The Balaban J connectivity index is 2.58. The van der Waals surface area contributed by atoms with Crippen molar-refractivity contribution in [3.05, 3.63) is 30.7 Å². The molecule has 0 spiro atoms. The lowest BCUT2D eigenvalue weighted by Gasteiger charge is -2.03. The Hall–Kier alpha value is 0.160. The molecule has 0 saturated heterocycles. The maximum absolute atomic E-state index is 11.5. The average Bonchev–Trinajstić information content (AvgIpc) is 2.79. The van der Waals surface area contributed by atoms with Gasteiger partial charge in [-0.2, -0.15) is 0 Å². The van der Waals surface area contributed by atoms with Gasteiger partial charge in [-0.1, -0.05) is 0 Å². The number of hydrogen-bond acceptors (Lipinski definition) is 1. The van der Waals surface area contributed by atoms with Crippen molar-refractivity contribution in [2.45, 2.75) is 18.9 Å². The maximum Gasteiger partial charge on any atom is 0.265 e. The highest BCUT2D eigenvalue weighted by atomic mass is 127. The van der Waals surface area contributed by atoms with Gasteiger partial charge >= 0.3 is 0 Å². The lowest BCUT2D eigenvalue weighted by molar-refractivity contribution is 0.700. The first-order valence-corrected chi connectivity index (χ1v) is 5.63. The second kappa shape index (κ2) is 3.14. The molecule has 0 aliphatic heterocycles. The smallest absolute Gasteiger partial charge is 0.265 e. The first kappa shape index (κ1) is 8.74. The van der Waals surface area contributed by atoms with E-state index in [0.717, 1.165) is 16.4 Å². The predicted molar refractivity (Wildman–Crippen MR) is 59.4 cm³/mol. The van der Waals surface area contributed by atoms with Gasteiger partial charge in [-0.15, -0.1) is 0 Å². The minimum atomic E-state index is 0.0953. The van der Waals surface area contributed by atoms with Crippen LogP contribution in [0.3, 0.4) is 0 Å². The van der Waals surface area contributed by atoms with E-state index in [4.69, 9.17) is 0 Å². The average molecular weight is 340 g/mol. The van der Waals surface area contributed by atoms with E-state index in [9.17, 15) is 4.79 Å². The molecule has 12 heavy (non-hydrogen) atoms. The molecule has 1 aromatic rings. The van der Waals surface area contributed by atoms with Gasteiger partial charge in [-0.3, -0.25) is 4.79 Å². The summed E-state index contributed by atoms with van der Waals surface area (Å²) in [6, 6.07) is 2.31. The summed E-state index contributed by atoms with van der Waals surface area (Å²) in [6.07, 6.45) is 4.21. The quantitative estimate of drug-likeness (QED) is 0.721. The number of nitrogens with zero attached hydrogens (tertiary/aromatic N) is 1.